The van der Waals surface area contributed by atoms with Crippen LogP contribution in [0.5, 0.6) is 0 Å². The van der Waals surface area contributed by atoms with Crippen molar-refractivity contribution in [3.05, 3.63) is 77.2 Å². The third-order valence-electron chi connectivity index (χ3n) is 4.64. The number of benzene rings is 2. The number of nitrogens with one attached hydrogen (secondary N) is 3. The standard InChI is InChI=1S/C23H21Cl2N7O2/c1-14(33)13-28-22-27-8-7-20(31-22)32-10-9-26-21(32)15-3-2-4-16(11-15)29-23(34)30-17-5-6-18(24)19(25)12-17/h2-12,14,33H,13H2,1H3,(H,27,28,31)(H2,29,30,34). The maximum Gasteiger partial charge on any atom is 0.323 e. The van der Waals surface area contributed by atoms with Crippen LogP contribution in [-0.2, 0) is 0 Å². The summed E-state index contributed by atoms with van der Waals surface area (Å²) >= 11 is 11.9. The molecule has 2 heterocycles. The van der Waals surface area contributed by atoms with Gasteiger partial charge in [-0.1, -0.05) is 35.3 Å². The fourth-order valence-corrected chi connectivity index (χ4v) is 3.41. The Hall–Kier alpha value is -3.66. The van der Waals surface area contributed by atoms with Crippen molar-refractivity contribution in [2.75, 3.05) is 22.5 Å². The lowest BCUT2D eigenvalue weighted by molar-refractivity contribution is 0.208. The van der Waals surface area contributed by atoms with Crippen LogP contribution >= 0.6 is 23.2 Å². The molecular weight excluding hydrogens is 477 g/mol. The minimum Gasteiger partial charge on any atom is -0.392 e. The van der Waals surface area contributed by atoms with Crippen LogP contribution in [0.4, 0.5) is 22.1 Å². The smallest absolute Gasteiger partial charge is 0.323 e. The average molecular weight is 498 g/mol. The highest BCUT2D eigenvalue weighted by molar-refractivity contribution is 6.42. The van der Waals surface area contributed by atoms with Crippen LogP contribution in [0.25, 0.3) is 17.2 Å². The number of urea groups is 1. The number of aromatic nitrogens is 4. The molecule has 0 aliphatic rings. The van der Waals surface area contributed by atoms with Gasteiger partial charge in [0.25, 0.3) is 0 Å². The highest BCUT2D eigenvalue weighted by Crippen LogP contribution is 2.26. The van der Waals surface area contributed by atoms with Crippen molar-refractivity contribution in [3.8, 4) is 17.2 Å². The largest absolute Gasteiger partial charge is 0.392 e. The van der Waals surface area contributed by atoms with Gasteiger partial charge in [-0.25, -0.2) is 14.8 Å². The molecule has 1 unspecified atom stereocenters. The summed E-state index contributed by atoms with van der Waals surface area (Å²) in [6, 6.07) is 13.4. The molecule has 0 aliphatic carbocycles. The Kier molecular flexibility index (Phi) is 7.27. The van der Waals surface area contributed by atoms with Gasteiger partial charge in [0.2, 0.25) is 5.95 Å². The first-order valence-corrected chi connectivity index (χ1v) is 11.1. The van der Waals surface area contributed by atoms with E-state index in [9.17, 15) is 9.90 Å². The van der Waals surface area contributed by atoms with Gasteiger partial charge in [0, 0.05) is 42.1 Å². The Morgan fingerprint density at radius 3 is 2.59 bits per heavy atom. The number of hydrogen-bond donors (Lipinski definition) is 4. The highest BCUT2D eigenvalue weighted by Gasteiger charge is 2.12. The number of nitrogens with zero attached hydrogens (tertiary/aromatic N) is 4. The normalized spacial score (nSPS) is 11.6. The number of aliphatic hydroxyl groups is 1. The maximum atomic E-state index is 12.5. The topological polar surface area (TPSA) is 117 Å². The molecule has 0 radical (unpaired) electrons. The molecule has 174 valence electrons. The molecule has 4 rings (SSSR count). The Bertz CT molecular complexity index is 1310. The van der Waals surface area contributed by atoms with Crippen molar-refractivity contribution in [2.45, 2.75) is 13.0 Å². The molecule has 4 N–H and O–H groups in total. The second kappa shape index (κ2) is 10.5. The first kappa shape index (κ1) is 23.5. The molecule has 0 saturated heterocycles. The van der Waals surface area contributed by atoms with Crippen LogP contribution in [0, 0.1) is 0 Å². The zero-order valence-corrected chi connectivity index (χ0v) is 19.5. The van der Waals surface area contributed by atoms with Gasteiger partial charge in [-0.3, -0.25) is 4.57 Å². The predicted octanol–water partition coefficient (Wildman–Crippen LogP) is 5.07. The van der Waals surface area contributed by atoms with E-state index in [2.05, 4.69) is 30.9 Å². The summed E-state index contributed by atoms with van der Waals surface area (Å²) in [4.78, 5) is 25.6. The number of anilines is 3. The van der Waals surface area contributed by atoms with Crippen LogP contribution in [0.15, 0.2) is 67.1 Å². The Labute approximate surface area is 205 Å². The van der Waals surface area contributed by atoms with E-state index in [0.29, 0.717) is 45.6 Å². The molecule has 9 nitrogen and oxygen atoms in total. The molecule has 0 spiro atoms. The first-order valence-electron chi connectivity index (χ1n) is 10.3. The second-order valence-electron chi connectivity index (χ2n) is 7.38. The van der Waals surface area contributed by atoms with E-state index in [1.807, 2.05) is 16.7 Å². The van der Waals surface area contributed by atoms with Crippen molar-refractivity contribution in [1.29, 1.82) is 0 Å². The van der Waals surface area contributed by atoms with Gasteiger partial charge in [0.05, 0.1) is 16.1 Å². The lowest BCUT2D eigenvalue weighted by Gasteiger charge is -2.12. The van der Waals surface area contributed by atoms with Crippen LogP contribution in [-0.4, -0.2) is 43.3 Å². The summed E-state index contributed by atoms with van der Waals surface area (Å²) < 4.78 is 1.81. The van der Waals surface area contributed by atoms with Gasteiger partial charge in [0.15, 0.2) is 0 Å². The molecule has 0 fully saturated rings. The van der Waals surface area contributed by atoms with Crippen LogP contribution in [0.3, 0.4) is 0 Å². The van der Waals surface area contributed by atoms with Crippen molar-refractivity contribution < 1.29 is 9.90 Å². The van der Waals surface area contributed by atoms with Crippen LogP contribution in [0.1, 0.15) is 6.92 Å². The summed E-state index contributed by atoms with van der Waals surface area (Å²) in [6.45, 7) is 2.01. The molecule has 0 saturated carbocycles. The highest BCUT2D eigenvalue weighted by atomic mass is 35.5. The minimum atomic E-state index is -0.528. The lowest BCUT2D eigenvalue weighted by atomic mass is 10.2. The molecule has 0 bridgehead atoms. The van der Waals surface area contributed by atoms with Gasteiger partial charge in [-0.15, -0.1) is 0 Å². The number of carbonyl (C=O) groups excluding carboxylic acids is 1. The molecule has 34 heavy (non-hydrogen) atoms. The van der Waals surface area contributed by atoms with E-state index >= 15 is 0 Å². The fourth-order valence-electron chi connectivity index (χ4n) is 3.11. The SMILES string of the molecule is CC(O)CNc1nccc(-n2ccnc2-c2cccc(NC(=O)Nc3ccc(Cl)c(Cl)c3)c2)n1. The monoisotopic (exact) mass is 497 g/mol. The third kappa shape index (κ3) is 5.82. The number of aliphatic hydroxyl groups excluding tert-OH is 1. The fraction of sp³-hybridized carbons (Fsp3) is 0.130. The van der Waals surface area contributed by atoms with E-state index < -0.39 is 12.1 Å². The van der Waals surface area contributed by atoms with Crippen LogP contribution < -0.4 is 16.0 Å². The van der Waals surface area contributed by atoms with Gasteiger partial charge < -0.3 is 21.1 Å². The van der Waals surface area contributed by atoms with E-state index in [-0.39, 0.29) is 0 Å². The minimum absolute atomic E-state index is 0.332. The van der Waals surface area contributed by atoms with Crippen molar-refractivity contribution in [3.63, 3.8) is 0 Å². The van der Waals surface area contributed by atoms with Gasteiger partial charge in [-0.2, -0.15) is 4.98 Å². The van der Waals surface area contributed by atoms with Crippen LogP contribution in [0.2, 0.25) is 10.0 Å². The zero-order valence-electron chi connectivity index (χ0n) is 18.0. The number of amides is 2. The number of carbonyl (C=O) groups is 1. The summed E-state index contributed by atoms with van der Waals surface area (Å²) in [5.41, 5.74) is 1.86. The van der Waals surface area contributed by atoms with Crippen molar-refractivity contribution in [1.82, 2.24) is 19.5 Å². The quantitative estimate of drug-likeness (QED) is 0.283. The number of imidazole rings is 1. The summed E-state index contributed by atoms with van der Waals surface area (Å²) in [6.07, 6.45) is 4.55. The van der Waals surface area contributed by atoms with Crippen molar-refractivity contribution in [2.24, 2.45) is 0 Å². The van der Waals surface area contributed by atoms with E-state index in [1.165, 1.54) is 0 Å². The van der Waals surface area contributed by atoms with E-state index in [0.717, 1.165) is 5.56 Å². The molecule has 2 amide bonds. The molecule has 2 aromatic carbocycles. The number of halogens is 2. The summed E-state index contributed by atoms with van der Waals surface area (Å²) in [7, 11) is 0. The van der Waals surface area contributed by atoms with Crippen molar-refractivity contribution >= 4 is 46.6 Å². The lowest BCUT2D eigenvalue weighted by Crippen LogP contribution is -2.19. The van der Waals surface area contributed by atoms with Gasteiger partial charge >= 0.3 is 6.03 Å². The molecule has 11 heteroatoms. The molecular formula is C23H21Cl2N7O2. The molecule has 0 aliphatic heterocycles. The maximum absolute atomic E-state index is 12.5. The van der Waals surface area contributed by atoms with E-state index in [4.69, 9.17) is 23.2 Å². The van der Waals surface area contributed by atoms with E-state index in [1.54, 1.807) is 61.9 Å². The van der Waals surface area contributed by atoms with Gasteiger partial charge in [-0.05, 0) is 43.3 Å². The average Bonchev–Trinajstić information content (AvgIpc) is 3.31. The zero-order chi connectivity index (χ0) is 24.1. The second-order valence-corrected chi connectivity index (χ2v) is 8.19. The molecule has 4 aromatic rings. The number of hydrogen-bond acceptors (Lipinski definition) is 6. The third-order valence-corrected chi connectivity index (χ3v) is 5.38. The Morgan fingerprint density at radius 2 is 1.82 bits per heavy atom. The first-order chi connectivity index (χ1) is 16.4. The summed E-state index contributed by atoms with van der Waals surface area (Å²) in [5, 5.41) is 18.7. The summed E-state index contributed by atoms with van der Waals surface area (Å²) in [5.74, 6) is 1.63. The number of rotatable bonds is 7. The molecule has 2 aromatic heterocycles. The Morgan fingerprint density at radius 1 is 1.03 bits per heavy atom. The Balaban J connectivity index is 1.52. The van der Waals surface area contributed by atoms with Gasteiger partial charge in [0.1, 0.15) is 11.6 Å². The molecule has 1 atom stereocenters. The predicted molar refractivity (Wildman–Crippen MR) is 134 cm³/mol.